The molecule has 0 aliphatic carbocycles. The Hall–Kier alpha value is -2.95. The smallest absolute Gasteiger partial charge is 0.335 e. The van der Waals surface area contributed by atoms with E-state index in [-0.39, 0.29) is 11.6 Å². The molecule has 2 N–H and O–H groups in total. The molecule has 1 aliphatic rings. The van der Waals surface area contributed by atoms with E-state index in [1.807, 2.05) is 35.5 Å². The Morgan fingerprint density at radius 1 is 1.20 bits per heavy atom. The zero-order valence-electron chi connectivity index (χ0n) is 16.0. The van der Waals surface area contributed by atoms with Crippen LogP contribution in [0.5, 0.6) is 5.88 Å². The molecule has 1 aromatic carbocycles. The monoisotopic (exact) mass is 517 g/mol. The Morgan fingerprint density at radius 3 is 2.73 bits per heavy atom. The van der Waals surface area contributed by atoms with Gasteiger partial charge in [-0.3, -0.25) is 19.8 Å². The molecule has 8 nitrogen and oxygen atoms in total. The Kier molecular flexibility index (Phi) is 5.98. The first-order valence-corrected chi connectivity index (χ1v) is 10.7. The number of rotatable bonds is 4. The van der Waals surface area contributed by atoms with E-state index in [0.29, 0.717) is 5.69 Å². The van der Waals surface area contributed by atoms with Crippen molar-refractivity contribution < 1.29 is 5.11 Å². The lowest BCUT2D eigenvalue weighted by Crippen LogP contribution is -2.32. The molecule has 1 atom stereocenters. The maximum Gasteiger partial charge on any atom is 0.335 e. The average molecular weight is 517 g/mol. The number of piperidine rings is 1. The average Bonchev–Trinajstić information content (AvgIpc) is 2.75. The van der Waals surface area contributed by atoms with Crippen molar-refractivity contribution in [2.24, 2.45) is 5.10 Å². The fraction of sp³-hybridized carbons (Fsp3) is 0.238. The number of H-pyrrole nitrogens is 1. The van der Waals surface area contributed by atoms with E-state index in [0.717, 1.165) is 39.5 Å². The first-order valence-electron chi connectivity index (χ1n) is 9.59. The van der Waals surface area contributed by atoms with Crippen molar-refractivity contribution in [3.05, 3.63) is 84.3 Å². The summed E-state index contributed by atoms with van der Waals surface area (Å²) in [5, 5.41) is 17.1. The van der Waals surface area contributed by atoms with Crippen molar-refractivity contribution in [1.82, 2.24) is 19.5 Å². The molecular weight excluding hydrogens is 497 g/mol. The van der Waals surface area contributed by atoms with Gasteiger partial charge in [-0.15, -0.1) is 0 Å². The van der Waals surface area contributed by atoms with Gasteiger partial charge in [0.1, 0.15) is 5.56 Å². The molecule has 2 aromatic heterocycles. The first-order chi connectivity index (χ1) is 14.5. The Morgan fingerprint density at radius 2 is 2.00 bits per heavy atom. The molecule has 1 aliphatic heterocycles. The van der Waals surface area contributed by atoms with E-state index in [2.05, 4.69) is 37.7 Å². The Bertz CT molecular complexity index is 1170. The first kappa shape index (κ1) is 20.3. The third-order valence-corrected chi connectivity index (χ3v) is 5.80. The highest BCUT2D eigenvalue weighted by atomic mass is 127. The lowest BCUT2D eigenvalue weighted by Gasteiger charge is -2.33. The van der Waals surface area contributed by atoms with Gasteiger partial charge in [0.2, 0.25) is 5.88 Å². The molecule has 0 radical (unpaired) electrons. The summed E-state index contributed by atoms with van der Waals surface area (Å²) in [5.41, 5.74) is 0.0510. The normalized spacial score (nSPS) is 16.8. The lowest BCUT2D eigenvalue weighted by molar-refractivity contribution is 0.156. The van der Waals surface area contributed by atoms with Crippen molar-refractivity contribution in [3.63, 3.8) is 0 Å². The second-order valence-corrected chi connectivity index (χ2v) is 8.26. The van der Waals surface area contributed by atoms with Crippen molar-refractivity contribution in [2.75, 3.05) is 6.54 Å². The number of benzene rings is 1. The Balaban J connectivity index is 1.71. The van der Waals surface area contributed by atoms with Crippen LogP contribution in [-0.4, -0.2) is 37.4 Å². The summed E-state index contributed by atoms with van der Waals surface area (Å²) < 4.78 is 2.05. The van der Waals surface area contributed by atoms with E-state index < -0.39 is 17.1 Å². The summed E-state index contributed by atoms with van der Waals surface area (Å²) >= 11 is 2.15. The van der Waals surface area contributed by atoms with Crippen LogP contribution in [0.1, 0.15) is 36.4 Å². The van der Waals surface area contributed by atoms with E-state index in [1.54, 1.807) is 18.3 Å². The molecule has 3 heterocycles. The zero-order valence-corrected chi connectivity index (χ0v) is 18.2. The van der Waals surface area contributed by atoms with Crippen LogP contribution in [0.15, 0.2) is 63.5 Å². The molecule has 0 bridgehead atoms. The predicted octanol–water partition coefficient (Wildman–Crippen LogP) is 2.79. The summed E-state index contributed by atoms with van der Waals surface area (Å²) in [7, 11) is 0. The summed E-state index contributed by atoms with van der Waals surface area (Å²) in [6.45, 7) is 0.728. The van der Waals surface area contributed by atoms with Crippen LogP contribution in [0.3, 0.4) is 0 Å². The number of nitrogens with one attached hydrogen (secondary N) is 1. The largest absolute Gasteiger partial charge is 0.493 e. The van der Waals surface area contributed by atoms with Crippen LogP contribution < -0.4 is 11.2 Å². The molecule has 1 saturated heterocycles. The molecule has 0 saturated carbocycles. The van der Waals surface area contributed by atoms with Crippen molar-refractivity contribution in [3.8, 4) is 11.6 Å². The number of aromatic hydroxyl groups is 1. The number of hydrogen-bond donors (Lipinski definition) is 2. The second kappa shape index (κ2) is 8.82. The number of hydrogen-bond acceptors (Lipinski definition) is 6. The highest BCUT2D eigenvalue weighted by Gasteiger charge is 2.23. The summed E-state index contributed by atoms with van der Waals surface area (Å²) in [6, 6.07) is 11.0. The van der Waals surface area contributed by atoms with E-state index in [9.17, 15) is 14.7 Å². The maximum absolute atomic E-state index is 12.4. The molecule has 4 rings (SSSR count). The minimum Gasteiger partial charge on any atom is -0.493 e. The molecule has 0 spiro atoms. The second-order valence-electron chi connectivity index (χ2n) is 7.01. The van der Waals surface area contributed by atoms with Gasteiger partial charge in [-0.1, -0.05) is 6.07 Å². The number of nitrogens with zero attached hydrogens (tertiary/aromatic N) is 4. The number of halogens is 1. The minimum atomic E-state index is -0.706. The van der Waals surface area contributed by atoms with Crippen molar-refractivity contribution in [1.29, 1.82) is 0 Å². The zero-order chi connectivity index (χ0) is 21.1. The molecule has 30 heavy (non-hydrogen) atoms. The van der Waals surface area contributed by atoms with Crippen LogP contribution in [0, 0.1) is 3.57 Å². The fourth-order valence-corrected chi connectivity index (χ4v) is 3.94. The van der Waals surface area contributed by atoms with Gasteiger partial charge in [0.15, 0.2) is 0 Å². The van der Waals surface area contributed by atoms with Crippen molar-refractivity contribution >= 4 is 28.8 Å². The third-order valence-electron chi connectivity index (χ3n) is 5.08. The maximum atomic E-state index is 12.4. The molecule has 3 aromatic rings. The van der Waals surface area contributed by atoms with Crippen LogP contribution >= 0.6 is 22.6 Å². The van der Waals surface area contributed by atoms with Crippen LogP contribution in [0.4, 0.5) is 0 Å². The fourth-order valence-electron chi connectivity index (χ4n) is 3.58. The quantitative estimate of drug-likeness (QED) is 0.410. The van der Waals surface area contributed by atoms with Gasteiger partial charge in [-0.05, 0) is 77.7 Å². The van der Waals surface area contributed by atoms with E-state index in [4.69, 9.17) is 0 Å². The molecule has 1 unspecified atom stereocenters. The standard InChI is InChI=1S/C21H20IN5O3/c22-15-6-8-16(9-7-15)27-20(29)17(19(28)25-21(27)30)13-24-26-11-2-1-5-18(26)14-4-3-10-23-12-14/h3-4,6-10,12-13,18,29H,1-2,5,11H2,(H,25,28,30)/b24-13+. The van der Waals surface area contributed by atoms with E-state index >= 15 is 0 Å². The molecular formula is C21H20IN5O3. The molecule has 1 fully saturated rings. The molecule has 154 valence electrons. The van der Waals surface area contributed by atoms with Gasteiger partial charge in [0.25, 0.3) is 5.56 Å². The summed E-state index contributed by atoms with van der Waals surface area (Å²) in [4.78, 5) is 31.1. The topological polar surface area (TPSA) is 104 Å². The Labute approximate surface area is 186 Å². The highest BCUT2D eigenvalue weighted by Crippen LogP contribution is 2.30. The van der Waals surface area contributed by atoms with Gasteiger partial charge >= 0.3 is 5.69 Å². The number of aromatic amines is 1. The SMILES string of the molecule is O=c1[nH]c(=O)n(-c2ccc(I)cc2)c(O)c1/C=N/N1CCCCC1c1cccnc1. The minimum absolute atomic E-state index is 0.0482. The lowest BCUT2D eigenvalue weighted by atomic mass is 9.98. The van der Waals surface area contributed by atoms with Gasteiger partial charge in [-0.25, -0.2) is 9.36 Å². The van der Waals surface area contributed by atoms with Gasteiger partial charge in [0.05, 0.1) is 17.9 Å². The molecule has 0 amide bonds. The van der Waals surface area contributed by atoms with Crippen LogP contribution in [-0.2, 0) is 0 Å². The van der Waals surface area contributed by atoms with Crippen LogP contribution in [0.25, 0.3) is 5.69 Å². The number of aromatic nitrogens is 3. The van der Waals surface area contributed by atoms with Crippen LogP contribution in [0.2, 0.25) is 0 Å². The van der Waals surface area contributed by atoms with Gasteiger partial charge in [-0.2, -0.15) is 5.10 Å². The number of hydrazone groups is 1. The highest BCUT2D eigenvalue weighted by molar-refractivity contribution is 14.1. The van der Waals surface area contributed by atoms with Gasteiger partial charge in [0, 0.05) is 22.5 Å². The van der Waals surface area contributed by atoms with Gasteiger partial charge < -0.3 is 5.11 Å². The predicted molar refractivity (Wildman–Crippen MR) is 122 cm³/mol. The number of pyridine rings is 1. The molecule has 9 heteroatoms. The summed E-state index contributed by atoms with van der Waals surface area (Å²) in [6.07, 6.45) is 7.86. The van der Waals surface area contributed by atoms with E-state index in [1.165, 1.54) is 6.21 Å². The summed E-state index contributed by atoms with van der Waals surface area (Å²) in [5.74, 6) is -0.441. The third kappa shape index (κ3) is 4.16. The van der Waals surface area contributed by atoms with Crippen molar-refractivity contribution in [2.45, 2.75) is 25.3 Å².